The predicted octanol–water partition coefficient (Wildman–Crippen LogP) is 2.63. The molecule has 0 aliphatic rings. The van der Waals surface area contributed by atoms with Crippen LogP contribution in [-0.2, 0) is 18.7 Å². The minimum absolute atomic E-state index is 0.146. The van der Waals surface area contributed by atoms with Gasteiger partial charge in [0.2, 0.25) is 11.8 Å². The van der Waals surface area contributed by atoms with Gasteiger partial charge in [0.25, 0.3) is 5.56 Å². The summed E-state index contributed by atoms with van der Waals surface area (Å²) in [7, 11) is 5.66. The first-order chi connectivity index (χ1) is 14.5. The Kier molecular flexibility index (Phi) is 8.23. The van der Waals surface area contributed by atoms with Crippen molar-refractivity contribution in [1.82, 2.24) is 24.8 Å². The first-order valence-corrected chi connectivity index (χ1v) is 11.5. The fraction of sp³-hybridized carbons (Fsp3) is 0.400. The van der Waals surface area contributed by atoms with Gasteiger partial charge in [0.1, 0.15) is 5.01 Å². The quantitative estimate of drug-likeness (QED) is 0.434. The van der Waals surface area contributed by atoms with Gasteiger partial charge in [-0.3, -0.25) is 9.78 Å². The van der Waals surface area contributed by atoms with Gasteiger partial charge < -0.3 is 15.0 Å². The second-order valence-corrected chi connectivity index (χ2v) is 8.97. The van der Waals surface area contributed by atoms with Crippen molar-refractivity contribution < 1.29 is 4.74 Å². The summed E-state index contributed by atoms with van der Waals surface area (Å²) < 4.78 is 5.12. The summed E-state index contributed by atoms with van der Waals surface area (Å²) in [5.74, 6) is 2.78. The van der Waals surface area contributed by atoms with E-state index in [-0.39, 0.29) is 5.56 Å². The number of thioether (sulfide) groups is 1. The van der Waals surface area contributed by atoms with E-state index >= 15 is 0 Å². The van der Waals surface area contributed by atoms with Gasteiger partial charge in [0, 0.05) is 60.4 Å². The molecule has 3 rings (SSSR count). The van der Waals surface area contributed by atoms with E-state index in [1.54, 1.807) is 42.6 Å². The van der Waals surface area contributed by atoms with Crippen molar-refractivity contribution in [3.05, 3.63) is 62.1 Å². The molecule has 10 heteroatoms. The van der Waals surface area contributed by atoms with Crippen molar-refractivity contribution in [2.24, 2.45) is 0 Å². The Morgan fingerprint density at radius 1 is 1.33 bits per heavy atom. The van der Waals surface area contributed by atoms with E-state index in [9.17, 15) is 4.79 Å². The minimum atomic E-state index is -0.146. The number of nitrogens with zero attached hydrogens (tertiary/aromatic N) is 4. The average Bonchev–Trinajstić information content (AvgIpc) is 3.16. The summed E-state index contributed by atoms with van der Waals surface area (Å²) >= 11 is 3.50. The van der Waals surface area contributed by atoms with Crippen LogP contribution in [0.5, 0.6) is 5.88 Å². The molecule has 0 saturated heterocycles. The lowest BCUT2D eigenvalue weighted by molar-refractivity contribution is 0.397. The van der Waals surface area contributed by atoms with Crippen LogP contribution < -0.4 is 15.6 Å². The lowest BCUT2D eigenvalue weighted by Crippen LogP contribution is -2.18. The molecule has 0 aliphatic heterocycles. The van der Waals surface area contributed by atoms with Crippen LogP contribution in [0.1, 0.15) is 21.8 Å². The number of ether oxygens (including phenoxy) is 1. The van der Waals surface area contributed by atoms with Crippen molar-refractivity contribution in [1.29, 1.82) is 0 Å². The molecule has 3 aromatic heterocycles. The highest BCUT2D eigenvalue weighted by atomic mass is 32.2. The number of aromatic amines is 1. The highest BCUT2D eigenvalue weighted by Gasteiger charge is 2.06. The molecule has 3 aromatic rings. The topological polar surface area (TPSA) is 96.0 Å². The maximum absolute atomic E-state index is 12.4. The number of methoxy groups -OCH3 is 1. The van der Waals surface area contributed by atoms with Crippen LogP contribution in [-0.4, -0.2) is 58.3 Å². The number of hydrogen-bond acceptors (Lipinski definition) is 9. The SMILES string of the molecule is COc1cc(Cc2cnc(NCCSCc3csc(CN(C)C)n3)[nH]c2=O)ccn1. The number of hydrogen-bond donors (Lipinski definition) is 2. The number of pyridine rings is 1. The smallest absolute Gasteiger partial charge is 0.255 e. The summed E-state index contributed by atoms with van der Waals surface area (Å²) in [6.45, 7) is 1.59. The van der Waals surface area contributed by atoms with Crippen LogP contribution in [0.2, 0.25) is 0 Å². The van der Waals surface area contributed by atoms with Gasteiger partial charge in [0.15, 0.2) is 0 Å². The molecule has 0 unspecified atom stereocenters. The molecule has 30 heavy (non-hydrogen) atoms. The third-order valence-corrected chi connectivity index (χ3v) is 5.99. The van der Waals surface area contributed by atoms with E-state index in [0.717, 1.165) is 34.3 Å². The first kappa shape index (κ1) is 22.3. The lowest BCUT2D eigenvalue weighted by atomic mass is 10.1. The molecule has 0 bridgehead atoms. The average molecular weight is 447 g/mol. The molecule has 3 heterocycles. The van der Waals surface area contributed by atoms with Crippen LogP contribution in [0.4, 0.5) is 5.95 Å². The predicted molar refractivity (Wildman–Crippen MR) is 123 cm³/mol. The third kappa shape index (κ3) is 6.82. The third-order valence-electron chi connectivity index (χ3n) is 4.12. The highest BCUT2D eigenvalue weighted by molar-refractivity contribution is 7.98. The highest BCUT2D eigenvalue weighted by Crippen LogP contribution is 2.17. The van der Waals surface area contributed by atoms with Gasteiger partial charge in [-0.05, 0) is 25.7 Å². The van der Waals surface area contributed by atoms with E-state index < -0.39 is 0 Å². The molecule has 0 amide bonds. The minimum Gasteiger partial charge on any atom is -0.481 e. The van der Waals surface area contributed by atoms with Crippen molar-refractivity contribution >= 4 is 29.0 Å². The Balaban J connectivity index is 1.43. The molecule has 0 aliphatic carbocycles. The standard InChI is InChI=1S/C20H26N6O2S2/c1-26(2)11-18-24-16(13-30-18)12-29-7-6-22-20-23-10-15(19(27)25-20)8-14-4-5-21-17(9-14)28-3/h4-5,9-10,13H,6-8,11-12H2,1-3H3,(H2,22,23,25,27). The van der Waals surface area contributed by atoms with Gasteiger partial charge in [-0.2, -0.15) is 11.8 Å². The summed E-state index contributed by atoms with van der Waals surface area (Å²) in [4.78, 5) is 30.3. The number of aromatic nitrogens is 4. The molecule has 0 aromatic carbocycles. The Morgan fingerprint density at radius 3 is 2.97 bits per heavy atom. The normalized spacial score (nSPS) is 11.1. The molecule has 0 radical (unpaired) electrons. The Hall–Kier alpha value is -2.43. The van der Waals surface area contributed by atoms with Crippen molar-refractivity contribution in [2.45, 2.75) is 18.7 Å². The van der Waals surface area contributed by atoms with Gasteiger partial charge in [-0.1, -0.05) is 0 Å². The van der Waals surface area contributed by atoms with E-state index in [1.165, 1.54) is 0 Å². The fourth-order valence-electron chi connectivity index (χ4n) is 2.71. The zero-order valence-corrected chi connectivity index (χ0v) is 19.0. The van der Waals surface area contributed by atoms with Crippen LogP contribution in [0, 0.1) is 0 Å². The fourth-order valence-corrected chi connectivity index (χ4v) is 4.47. The van der Waals surface area contributed by atoms with Crippen LogP contribution in [0.3, 0.4) is 0 Å². The Morgan fingerprint density at radius 2 is 2.20 bits per heavy atom. The van der Waals surface area contributed by atoms with Crippen molar-refractivity contribution in [2.75, 3.05) is 38.8 Å². The van der Waals surface area contributed by atoms with E-state index in [0.29, 0.717) is 30.4 Å². The van der Waals surface area contributed by atoms with Crippen molar-refractivity contribution in [3.63, 3.8) is 0 Å². The van der Waals surface area contributed by atoms with Gasteiger partial charge in [-0.15, -0.1) is 11.3 Å². The van der Waals surface area contributed by atoms with Crippen molar-refractivity contribution in [3.8, 4) is 5.88 Å². The van der Waals surface area contributed by atoms with E-state index in [1.807, 2.05) is 26.2 Å². The zero-order chi connectivity index (χ0) is 21.3. The summed E-state index contributed by atoms with van der Waals surface area (Å²) in [6, 6.07) is 3.67. The summed E-state index contributed by atoms with van der Waals surface area (Å²) in [6.07, 6.45) is 3.75. The molecule has 0 fully saturated rings. The lowest BCUT2D eigenvalue weighted by Gasteiger charge is -2.07. The monoisotopic (exact) mass is 446 g/mol. The molecule has 0 spiro atoms. The number of thiazole rings is 1. The molecule has 8 nitrogen and oxygen atoms in total. The number of anilines is 1. The maximum Gasteiger partial charge on any atom is 0.255 e. The largest absolute Gasteiger partial charge is 0.481 e. The molecule has 0 saturated carbocycles. The molecular formula is C20H26N6O2S2. The number of nitrogens with one attached hydrogen (secondary N) is 2. The summed E-state index contributed by atoms with van der Waals surface area (Å²) in [5, 5.41) is 6.43. The molecule has 0 atom stereocenters. The van der Waals surface area contributed by atoms with Crippen LogP contribution >= 0.6 is 23.1 Å². The van der Waals surface area contributed by atoms with E-state index in [4.69, 9.17) is 4.74 Å². The Bertz CT molecular complexity index is 1000. The van der Waals surface area contributed by atoms with Gasteiger partial charge in [-0.25, -0.2) is 15.0 Å². The summed E-state index contributed by atoms with van der Waals surface area (Å²) in [5.41, 5.74) is 2.51. The molecule has 160 valence electrons. The second kappa shape index (κ2) is 11.1. The zero-order valence-electron chi connectivity index (χ0n) is 17.3. The number of rotatable bonds is 11. The molecule has 2 N–H and O–H groups in total. The van der Waals surface area contributed by atoms with Gasteiger partial charge in [0.05, 0.1) is 12.8 Å². The second-order valence-electron chi connectivity index (χ2n) is 6.92. The first-order valence-electron chi connectivity index (χ1n) is 9.50. The van der Waals surface area contributed by atoms with E-state index in [2.05, 4.69) is 35.5 Å². The van der Waals surface area contributed by atoms with Gasteiger partial charge >= 0.3 is 0 Å². The Labute approximate surface area is 184 Å². The van der Waals surface area contributed by atoms with Crippen LogP contribution in [0.25, 0.3) is 0 Å². The van der Waals surface area contributed by atoms with Crippen LogP contribution in [0.15, 0.2) is 34.7 Å². The maximum atomic E-state index is 12.4. The number of H-pyrrole nitrogens is 1. The molecular weight excluding hydrogens is 420 g/mol.